The van der Waals surface area contributed by atoms with Crippen molar-refractivity contribution >= 4 is 38.4 Å². The molecule has 0 saturated heterocycles. The lowest BCUT2D eigenvalue weighted by Gasteiger charge is -2.18. The Balaban J connectivity index is 1.41. The topological polar surface area (TPSA) is 133 Å². The summed E-state index contributed by atoms with van der Waals surface area (Å²) in [6.07, 6.45) is -8.68. The van der Waals surface area contributed by atoms with Crippen LogP contribution in [-0.4, -0.2) is 65.0 Å². The molecule has 0 atom stereocenters. The van der Waals surface area contributed by atoms with E-state index in [0.29, 0.717) is 22.6 Å². The van der Waals surface area contributed by atoms with E-state index in [1.54, 1.807) is 19.1 Å². The number of pyridine rings is 1. The summed E-state index contributed by atoms with van der Waals surface area (Å²) in [5.74, 6) is -2.59. The highest BCUT2D eigenvalue weighted by molar-refractivity contribution is 7.89. The number of anilines is 1. The fourth-order valence-electron chi connectivity index (χ4n) is 5.45. The molecule has 0 bridgehead atoms. The largest absolute Gasteiger partial charge is 0.497 e. The van der Waals surface area contributed by atoms with Gasteiger partial charge in [-0.15, -0.1) is 0 Å². The molecule has 1 aromatic heterocycles. The second kappa shape index (κ2) is 14.2. The van der Waals surface area contributed by atoms with Crippen LogP contribution in [0.2, 0.25) is 0 Å². The Morgan fingerprint density at radius 3 is 2.18 bits per heavy atom. The molecule has 1 aliphatic rings. The Bertz CT molecular complexity index is 2090. The molecule has 51 heavy (non-hydrogen) atoms. The number of fused-ring (bicyclic) bond motifs is 2. The lowest BCUT2D eigenvalue weighted by molar-refractivity contribution is -0.154. The van der Waals surface area contributed by atoms with Crippen LogP contribution in [0.25, 0.3) is 10.9 Å². The van der Waals surface area contributed by atoms with Crippen molar-refractivity contribution in [3.8, 4) is 23.0 Å². The molecule has 0 radical (unpaired) electrons. The van der Waals surface area contributed by atoms with Gasteiger partial charge in [0.25, 0.3) is 5.91 Å². The van der Waals surface area contributed by atoms with Crippen LogP contribution in [0.5, 0.6) is 23.0 Å². The summed E-state index contributed by atoms with van der Waals surface area (Å²) in [5, 5.41) is -0.155. The Morgan fingerprint density at radius 1 is 0.922 bits per heavy atom. The zero-order chi connectivity index (χ0) is 37.3. The molecule has 0 saturated carbocycles. The molecule has 272 valence electrons. The fourth-order valence-corrected chi connectivity index (χ4v) is 6.57. The van der Waals surface area contributed by atoms with Gasteiger partial charge in [-0.3, -0.25) is 19.3 Å². The number of nitrogens with one attached hydrogen (secondary N) is 1. The maximum absolute atomic E-state index is 13.8. The van der Waals surface area contributed by atoms with Crippen LogP contribution >= 0.6 is 0 Å². The van der Waals surface area contributed by atoms with Crippen LogP contribution in [0.4, 0.5) is 32.0 Å². The van der Waals surface area contributed by atoms with E-state index in [-0.39, 0.29) is 34.1 Å². The van der Waals surface area contributed by atoms with E-state index in [4.69, 9.17) is 18.9 Å². The number of halogens is 6. The molecule has 18 heteroatoms. The third kappa shape index (κ3) is 8.73. The number of rotatable bonds is 12. The molecule has 0 spiro atoms. The number of hydrogen-bond acceptors (Lipinski definition) is 9. The molecule has 0 unspecified atom stereocenters. The van der Waals surface area contributed by atoms with E-state index in [0.717, 1.165) is 4.90 Å². The number of aryl methyl sites for hydroxylation is 1. The minimum absolute atomic E-state index is 0.128. The molecule has 3 aromatic carbocycles. The number of amides is 2. The van der Waals surface area contributed by atoms with Gasteiger partial charge in [0.1, 0.15) is 22.8 Å². The van der Waals surface area contributed by atoms with Crippen molar-refractivity contribution in [2.45, 2.75) is 38.0 Å². The molecule has 4 aromatic rings. The molecule has 2 amide bonds. The predicted molar refractivity (Wildman–Crippen MR) is 171 cm³/mol. The van der Waals surface area contributed by atoms with E-state index in [9.17, 15) is 44.3 Å². The number of ether oxygens (including phenoxy) is 4. The van der Waals surface area contributed by atoms with Crippen molar-refractivity contribution in [1.29, 1.82) is 0 Å². The van der Waals surface area contributed by atoms with Gasteiger partial charge < -0.3 is 23.8 Å². The van der Waals surface area contributed by atoms with E-state index >= 15 is 0 Å². The number of methoxy groups -OCH3 is 2. The third-order valence-electron chi connectivity index (χ3n) is 7.54. The first-order valence-corrected chi connectivity index (χ1v) is 16.5. The Hall–Kier alpha value is -5.26. The molecular weight excluding hydrogens is 712 g/mol. The van der Waals surface area contributed by atoms with E-state index in [1.807, 2.05) is 4.72 Å². The lowest BCUT2D eigenvalue weighted by Crippen LogP contribution is -2.32. The van der Waals surface area contributed by atoms with Gasteiger partial charge in [-0.05, 0) is 54.4 Å². The monoisotopic (exact) mass is 741 g/mol. The minimum Gasteiger partial charge on any atom is -0.497 e. The molecule has 5 rings (SSSR count). The zero-order valence-electron chi connectivity index (χ0n) is 27.1. The van der Waals surface area contributed by atoms with Gasteiger partial charge in [0, 0.05) is 28.4 Å². The molecule has 11 nitrogen and oxygen atoms in total. The van der Waals surface area contributed by atoms with Crippen molar-refractivity contribution in [3.63, 3.8) is 0 Å². The van der Waals surface area contributed by atoms with Crippen molar-refractivity contribution < 1.29 is 63.3 Å². The number of alkyl halides is 6. The van der Waals surface area contributed by atoms with Crippen LogP contribution < -0.4 is 28.6 Å². The fraction of sp³-hybridized carbons (Fsp3) is 0.303. The maximum atomic E-state index is 13.8. The average molecular weight is 742 g/mol. The molecular formula is C33H29F6N3O8S. The smallest absolute Gasteiger partial charge is 0.422 e. The first kappa shape index (κ1) is 37.0. The summed E-state index contributed by atoms with van der Waals surface area (Å²) in [5.41, 5.74) is 0.279. The van der Waals surface area contributed by atoms with E-state index in [2.05, 4.69) is 4.98 Å². The predicted octanol–water partition coefficient (Wildman–Crippen LogP) is 5.79. The standard InChI is InChI=1S/C33H29F6N3O8S/c1-18-10-23-28(40-13-18)30(50-17-33(37,38)39)24-14-42(31(44)27(24)29(23)49-16-32(34,35)36)21-6-4-19(5-7-21)15-51(45,46)41-26(43)12-20-11-22(47-2)8-9-25(20)48-3/h4-11,13H,12,14-17H2,1-3H3,(H,41,43). The number of carbonyl (C=O) groups excluding carboxylic acids is 2. The Labute approximate surface area is 287 Å². The van der Waals surface area contributed by atoms with E-state index < -0.39 is 76.8 Å². The SMILES string of the molecule is COc1ccc(OC)c(CC(=O)NS(=O)(=O)Cc2ccc(N3Cc4c(c(OCC(F)(F)F)c5cc(C)cnc5c4OCC(F)(F)F)C3=O)cc2)c1. The number of carbonyl (C=O) groups is 2. The average Bonchev–Trinajstić information content (AvgIpc) is 3.37. The highest BCUT2D eigenvalue weighted by Gasteiger charge is 2.40. The number of aromatic nitrogens is 1. The zero-order valence-corrected chi connectivity index (χ0v) is 27.9. The van der Waals surface area contributed by atoms with Gasteiger partial charge in [0.05, 0.1) is 38.5 Å². The summed E-state index contributed by atoms with van der Waals surface area (Å²) in [7, 11) is -1.41. The van der Waals surface area contributed by atoms with Crippen molar-refractivity contribution in [3.05, 3.63) is 82.5 Å². The van der Waals surface area contributed by atoms with Gasteiger partial charge in [-0.2, -0.15) is 26.3 Å². The lowest BCUT2D eigenvalue weighted by atomic mass is 10.0. The van der Waals surface area contributed by atoms with Gasteiger partial charge in [-0.1, -0.05) is 12.1 Å². The first-order valence-electron chi connectivity index (χ1n) is 14.9. The van der Waals surface area contributed by atoms with E-state index in [1.165, 1.54) is 56.8 Å². The molecule has 0 fully saturated rings. The quantitative estimate of drug-likeness (QED) is 0.179. The summed E-state index contributed by atoms with van der Waals surface area (Å²) >= 11 is 0. The summed E-state index contributed by atoms with van der Waals surface area (Å²) in [4.78, 5) is 31.6. The Morgan fingerprint density at radius 2 is 1.57 bits per heavy atom. The molecule has 0 aliphatic carbocycles. The highest BCUT2D eigenvalue weighted by atomic mass is 32.2. The van der Waals surface area contributed by atoms with Gasteiger partial charge in [-0.25, -0.2) is 8.42 Å². The summed E-state index contributed by atoms with van der Waals surface area (Å²) < 4.78 is 128. The Kier molecular flexibility index (Phi) is 10.3. The van der Waals surface area contributed by atoms with Crippen LogP contribution in [0.3, 0.4) is 0 Å². The molecule has 1 N–H and O–H groups in total. The van der Waals surface area contributed by atoms with Crippen molar-refractivity contribution in [2.24, 2.45) is 0 Å². The van der Waals surface area contributed by atoms with Gasteiger partial charge in [0.2, 0.25) is 15.9 Å². The minimum atomic E-state index is -4.82. The first-order chi connectivity index (χ1) is 23.9. The highest BCUT2D eigenvalue weighted by Crippen LogP contribution is 2.46. The van der Waals surface area contributed by atoms with Crippen molar-refractivity contribution in [2.75, 3.05) is 32.3 Å². The normalized spacial score (nSPS) is 13.3. The van der Waals surface area contributed by atoms with Gasteiger partial charge in [0.15, 0.2) is 19.0 Å². The molecule has 2 heterocycles. The second-order valence-electron chi connectivity index (χ2n) is 11.4. The van der Waals surface area contributed by atoms with Gasteiger partial charge >= 0.3 is 12.4 Å². The second-order valence-corrected chi connectivity index (χ2v) is 13.1. The number of sulfonamides is 1. The number of hydrogen-bond donors (Lipinski definition) is 1. The summed E-state index contributed by atoms with van der Waals surface area (Å²) in [6.45, 7) is -2.46. The van der Waals surface area contributed by atoms with Crippen LogP contribution in [-0.2, 0) is 33.5 Å². The van der Waals surface area contributed by atoms with Crippen molar-refractivity contribution in [1.82, 2.24) is 9.71 Å². The number of benzene rings is 3. The van der Waals surface area contributed by atoms with Crippen LogP contribution in [0.15, 0.2) is 54.7 Å². The molecule has 1 aliphatic heterocycles. The summed E-state index contributed by atoms with van der Waals surface area (Å²) in [6, 6.07) is 11.4. The maximum Gasteiger partial charge on any atom is 0.422 e. The van der Waals surface area contributed by atoms with Crippen LogP contribution in [0, 0.1) is 6.92 Å². The number of nitrogens with zero attached hydrogens (tertiary/aromatic N) is 2. The van der Waals surface area contributed by atoms with Crippen LogP contribution in [0.1, 0.15) is 32.6 Å². The third-order valence-corrected chi connectivity index (χ3v) is 8.79.